The molecule has 2 aliphatic rings. The van der Waals surface area contributed by atoms with E-state index in [2.05, 4.69) is 0 Å². The highest BCUT2D eigenvalue weighted by molar-refractivity contribution is 7.91. The lowest BCUT2D eigenvalue weighted by molar-refractivity contribution is -0.117. The van der Waals surface area contributed by atoms with Crippen LogP contribution in [0, 0.1) is 0 Å². The van der Waals surface area contributed by atoms with E-state index in [0.717, 1.165) is 17.8 Å². The Labute approximate surface area is 178 Å². The Balaban J connectivity index is 1.48. The van der Waals surface area contributed by atoms with Crippen molar-refractivity contribution in [3.8, 4) is 0 Å². The zero-order chi connectivity index (χ0) is 20.6. The molecule has 2 amide bonds. The molecule has 0 aliphatic carbocycles. The van der Waals surface area contributed by atoms with Gasteiger partial charge in [-0.15, -0.1) is 11.3 Å². The molecule has 4 rings (SSSR count). The number of piperazine rings is 1. The van der Waals surface area contributed by atoms with E-state index in [1.165, 1.54) is 10.4 Å². The number of hydrogen-bond acceptors (Lipinski definition) is 5. The van der Waals surface area contributed by atoms with Gasteiger partial charge in [0.05, 0.1) is 15.6 Å². The van der Waals surface area contributed by atoms with Crippen LogP contribution in [0.3, 0.4) is 0 Å². The summed E-state index contributed by atoms with van der Waals surface area (Å²) < 4.78 is 27.5. The molecule has 2 fully saturated rings. The van der Waals surface area contributed by atoms with Crippen LogP contribution in [0.5, 0.6) is 0 Å². The fourth-order valence-corrected chi connectivity index (χ4v) is 6.72. The first kappa shape index (κ1) is 20.3. The number of carbonyl (C=O) groups excluding carboxylic acids is 2. The summed E-state index contributed by atoms with van der Waals surface area (Å²) in [5.41, 5.74) is 1.10. The van der Waals surface area contributed by atoms with Crippen LogP contribution in [0.2, 0.25) is 4.34 Å². The van der Waals surface area contributed by atoms with Gasteiger partial charge in [0, 0.05) is 39.1 Å². The molecule has 1 aromatic heterocycles. The Hall–Kier alpha value is -1.94. The van der Waals surface area contributed by atoms with Crippen molar-refractivity contribution < 1.29 is 18.0 Å². The topological polar surface area (TPSA) is 78.0 Å². The molecule has 0 radical (unpaired) electrons. The van der Waals surface area contributed by atoms with Crippen LogP contribution in [0.25, 0.3) is 0 Å². The van der Waals surface area contributed by atoms with E-state index in [1.807, 2.05) is 6.07 Å². The number of halogens is 1. The maximum atomic E-state index is 13.1. The minimum Gasteiger partial charge on any atom is -0.336 e. The van der Waals surface area contributed by atoms with Gasteiger partial charge in [-0.2, -0.15) is 4.31 Å². The van der Waals surface area contributed by atoms with E-state index in [9.17, 15) is 18.0 Å². The average Bonchev–Trinajstić information content (AvgIpc) is 3.36. The number of anilines is 1. The van der Waals surface area contributed by atoms with Crippen LogP contribution in [0.1, 0.15) is 23.2 Å². The van der Waals surface area contributed by atoms with Crippen molar-refractivity contribution in [2.75, 3.05) is 37.6 Å². The molecule has 0 spiro atoms. The first-order valence-corrected chi connectivity index (χ1v) is 12.0. The Kier molecular flexibility index (Phi) is 5.65. The summed E-state index contributed by atoms with van der Waals surface area (Å²) in [6, 6.07) is 10.2. The summed E-state index contributed by atoms with van der Waals surface area (Å²) in [5.74, 6) is -0.160. The van der Waals surface area contributed by atoms with Crippen molar-refractivity contribution in [2.45, 2.75) is 17.1 Å². The predicted octanol–water partition coefficient (Wildman–Crippen LogP) is 2.68. The van der Waals surface area contributed by atoms with Crippen molar-refractivity contribution in [3.05, 3.63) is 46.3 Å². The van der Waals surface area contributed by atoms with Crippen molar-refractivity contribution in [2.24, 2.45) is 0 Å². The van der Waals surface area contributed by atoms with Crippen molar-refractivity contribution in [3.63, 3.8) is 0 Å². The average molecular weight is 454 g/mol. The number of para-hydroxylation sites is 1. The van der Waals surface area contributed by atoms with E-state index in [0.29, 0.717) is 41.6 Å². The fourth-order valence-electron chi connectivity index (χ4n) is 3.66. The van der Waals surface area contributed by atoms with Gasteiger partial charge in [-0.25, -0.2) is 8.42 Å². The molecule has 154 valence electrons. The quantitative estimate of drug-likeness (QED) is 0.713. The Morgan fingerprint density at radius 1 is 1.00 bits per heavy atom. The number of sulfonamides is 1. The van der Waals surface area contributed by atoms with Gasteiger partial charge in [0.15, 0.2) is 0 Å². The molecule has 3 heterocycles. The highest BCUT2D eigenvalue weighted by atomic mass is 35.5. The maximum Gasteiger partial charge on any atom is 0.256 e. The lowest BCUT2D eigenvalue weighted by Crippen LogP contribution is -2.50. The first-order valence-electron chi connectivity index (χ1n) is 9.32. The normalized spacial score (nSPS) is 18.4. The maximum absolute atomic E-state index is 13.1. The third-order valence-electron chi connectivity index (χ3n) is 5.17. The van der Waals surface area contributed by atoms with Crippen LogP contribution in [0.15, 0.2) is 40.6 Å². The smallest absolute Gasteiger partial charge is 0.256 e. The molecule has 2 saturated heterocycles. The number of benzene rings is 1. The minimum absolute atomic E-state index is 0.0239. The number of hydrogen-bond donors (Lipinski definition) is 0. The summed E-state index contributed by atoms with van der Waals surface area (Å²) in [7, 11) is -3.61. The summed E-state index contributed by atoms with van der Waals surface area (Å²) in [6.45, 7) is 1.63. The van der Waals surface area contributed by atoms with Gasteiger partial charge >= 0.3 is 0 Å². The molecule has 2 aliphatic heterocycles. The third-order valence-corrected chi connectivity index (χ3v) is 8.76. The predicted molar refractivity (Wildman–Crippen MR) is 112 cm³/mol. The standard InChI is InChI=1S/C19H20ClN3O4S2/c20-16-7-8-18(28-16)29(26,27)22-12-10-21(11-13-22)19(25)14-4-1-2-5-15(14)23-9-3-6-17(23)24/h1-2,4-5,7-8H,3,6,9-13H2. The molecular weight excluding hydrogens is 434 g/mol. The molecule has 0 atom stereocenters. The molecule has 0 saturated carbocycles. The summed E-state index contributed by atoms with van der Waals surface area (Å²) in [5, 5.41) is 0. The molecule has 29 heavy (non-hydrogen) atoms. The van der Waals surface area contributed by atoms with Crippen LogP contribution in [-0.4, -0.2) is 62.2 Å². The summed E-state index contributed by atoms with van der Waals surface area (Å²) >= 11 is 6.90. The Morgan fingerprint density at radius 2 is 1.72 bits per heavy atom. The molecule has 10 heteroatoms. The van der Waals surface area contributed by atoms with Crippen LogP contribution < -0.4 is 4.90 Å². The zero-order valence-electron chi connectivity index (χ0n) is 15.6. The molecule has 0 bridgehead atoms. The van der Waals surface area contributed by atoms with E-state index in [4.69, 9.17) is 11.6 Å². The molecule has 2 aromatic rings. The Morgan fingerprint density at radius 3 is 2.34 bits per heavy atom. The zero-order valence-corrected chi connectivity index (χ0v) is 18.0. The van der Waals surface area contributed by atoms with Gasteiger partial charge in [-0.3, -0.25) is 9.59 Å². The number of thiophene rings is 1. The lowest BCUT2D eigenvalue weighted by atomic mass is 10.1. The number of nitrogens with zero attached hydrogens (tertiary/aromatic N) is 3. The number of carbonyl (C=O) groups is 2. The Bertz CT molecular complexity index is 1050. The van der Waals surface area contributed by atoms with E-state index < -0.39 is 10.0 Å². The largest absolute Gasteiger partial charge is 0.336 e. The van der Waals surface area contributed by atoms with Crippen LogP contribution in [0.4, 0.5) is 5.69 Å². The van der Waals surface area contributed by atoms with E-state index in [1.54, 1.807) is 34.1 Å². The van der Waals surface area contributed by atoms with Gasteiger partial charge in [0.1, 0.15) is 4.21 Å². The van der Waals surface area contributed by atoms with Crippen LogP contribution >= 0.6 is 22.9 Å². The van der Waals surface area contributed by atoms with Crippen LogP contribution in [-0.2, 0) is 14.8 Å². The van der Waals surface area contributed by atoms with Gasteiger partial charge in [-0.05, 0) is 30.7 Å². The highest BCUT2D eigenvalue weighted by Crippen LogP contribution is 2.30. The van der Waals surface area contributed by atoms with Crippen molar-refractivity contribution in [1.82, 2.24) is 9.21 Å². The number of rotatable bonds is 4. The van der Waals surface area contributed by atoms with Gasteiger partial charge in [0.25, 0.3) is 15.9 Å². The second-order valence-corrected chi connectivity index (χ2v) is 10.8. The molecule has 0 N–H and O–H groups in total. The molecular formula is C19H20ClN3O4S2. The van der Waals surface area contributed by atoms with Gasteiger partial charge in [0.2, 0.25) is 5.91 Å². The fraction of sp³-hybridized carbons (Fsp3) is 0.368. The molecule has 0 unspecified atom stereocenters. The van der Waals surface area contributed by atoms with Gasteiger partial charge < -0.3 is 9.80 Å². The highest BCUT2D eigenvalue weighted by Gasteiger charge is 2.33. The first-order chi connectivity index (χ1) is 13.9. The van der Waals surface area contributed by atoms with Crippen molar-refractivity contribution in [1.29, 1.82) is 0 Å². The lowest BCUT2D eigenvalue weighted by Gasteiger charge is -2.34. The third kappa shape index (κ3) is 3.92. The summed E-state index contributed by atoms with van der Waals surface area (Å²) in [4.78, 5) is 28.6. The van der Waals surface area contributed by atoms with E-state index >= 15 is 0 Å². The second-order valence-electron chi connectivity index (χ2n) is 6.92. The SMILES string of the molecule is O=C(c1ccccc1N1CCCC1=O)N1CCN(S(=O)(=O)c2ccc(Cl)s2)CC1. The van der Waals surface area contributed by atoms with E-state index in [-0.39, 0.29) is 29.1 Å². The molecule has 1 aromatic carbocycles. The monoisotopic (exact) mass is 453 g/mol. The van der Waals surface area contributed by atoms with Crippen molar-refractivity contribution >= 4 is 50.5 Å². The number of amides is 2. The van der Waals surface area contributed by atoms with Gasteiger partial charge in [-0.1, -0.05) is 23.7 Å². The minimum atomic E-state index is -3.61. The second kappa shape index (κ2) is 8.06. The summed E-state index contributed by atoms with van der Waals surface area (Å²) in [6.07, 6.45) is 1.27. The molecule has 7 nitrogen and oxygen atoms in total.